The van der Waals surface area contributed by atoms with Crippen molar-refractivity contribution in [1.82, 2.24) is 19.4 Å². The maximum absolute atomic E-state index is 12.3. The average Bonchev–Trinajstić information content (AvgIpc) is 3.09. The molecule has 0 radical (unpaired) electrons. The van der Waals surface area contributed by atoms with Crippen molar-refractivity contribution < 1.29 is 4.79 Å². The largest absolute Gasteiger partial charge is 0.340 e. The molecule has 5 heteroatoms. The Morgan fingerprint density at radius 3 is 2.29 bits per heavy atom. The van der Waals surface area contributed by atoms with Gasteiger partial charge < -0.3 is 9.47 Å². The molecule has 0 bridgehead atoms. The van der Waals surface area contributed by atoms with E-state index in [4.69, 9.17) is 0 Å². The number of hydrogen-bond donors (Lipinski definition) is 0. The van der Waals surface area contributed by atoms with E-state index in [2.05, 4.69) is 34.1 Å². The van der Waals surface area contributed by atoms with E-state index < -0.39 is 0 Å². The van der Waals surface area contributed by atoms with Crippen LogP contribution >= 0.6 is 0 Å². The summed E-state index contributed by atoms with van der Waals surface area (Å²) < 4.78 is 2.00. The number of hydrogen-bond acceptors (Lipinski definition) is 3. The first-order valence-corrected chi connectivity index (χ1v) is 8.52. The minimum Gasteiger partial charge on any atom is -0.340 e. The molecule has 0 atom stereocenters. The Morgan fingerprint density at radius 2 is 1.75 bits per heavy atom. The van der Waals surface area contributed by atoms with Gasteiger partial charge >= 0.3 is 0 Å². The molecule has 3 rings (SSSR count). The number of amides is 1. The van der Waals surface area contributed by atoms with Crippen molar-refractivity contribution in [3.05, 3.63) is 48.5 Å². The molecule has 1 fully saturated rings. The Balaban J connectivity index is 1.54. The number of aromatic nitrogens is 2. The number of piperazine rings is 1. The number of imidazole rings is 1. The summed E-state index contributed by atoms with van der Waals surface area (Å²) >= 11 is 0. The van der Waals surface area contributed by atoms with Gasteiger partial charge in [-0.3, -0.25) is 9.69 Å². The molecule has 5 nitrogen and oxygen atoms in total. The summed E-state index contributed by atoms with van der Waals surface area (Å²) in [5.41, 5.74) is 2.14. The van der Waals surface area contributed by atoms with Crippen molar-refractivity contribution in [1.29, 1.82) is 0 Å². The van der Waals surface area contributed by atoms with Crippen LogP contribution in [-0.2, 0) is 11.3 Å². The smallest absolute Gasteiger partial charge is 0.228 e. The lowest BCUT2D eigenvalue weighted by atomic mass is 9.94. The van der Waals surface area contributed by atoms with E-state index in [1.807, 2.05) is 36.4 Å². The van der Waals surface area contributed by atoms with E-state index in [0.717, 1.165) is 38.4 Å². The van der Waals surface area contributed by atoms with Crippen LogP contribution in [0.25, 0.3) is 5.69 Å². The van der Waals surface area contributed by atoms with Crippen LogP contribution in [0.3, 0.4) is 0 Å². The third kappa shape index (κ3) is 3.85. The number of nitrogens with zero attached hydrogens (tertiary/aromatic N) is 4. The third-order valence-corrected chi connectivity index (χ3v) is 4.45. The third-order valence-electron chi connectivity index (χ3n) is 4.45. The summed E-state index contributed by atoms with van der Waals surface area (Å²) in [7, 11) is 0. The van der Waals surface area contributed by atoms with Gasteiger partial charge in [0.15, 0.2) is 0 Å². The molecule has 1 amide bonds. The first-order chi connectivity index (χ1) is 11.4. The van der Waals surface area contributed by atoms with Gasteiger partial charge in [-0.2, -0.15) is 0 Å². The molecule has 0 saturated carbocycles. The standard InChI is InChI=1S/C19H26N4O/c1-19(2,3)18(24)22-12-10-21(11-13-22)14-16-4-6-17(7-5-16)23-9-8-20-15-23/h4-9,15H,10-14H2,1-3H3. The Hall–Kier alpha value is -2.14. The van der Waals surface area contributed by atoms with Crippen LogP contribution in [-0.4, -0.2) is 51.4 Å². The van der Waals surface area contributed by atoms with E-state index in [0.29, 0.717) is 0 Å². The second-order valence-electron chi connectivity index (χ2n) is 7.45. The molecule has 0 unspecified atom stereocenters. The zero-order valence-electron chi connectivity index (χ0n) is 14.8. The number of rotatable bonds is 3. The summed E-state index contributed by atoms with van der Waals surface area (Å²) in [4.78, 5) is 20.8. The predicted octanol–water partition coefficient (Wildman–Crippen LogP) is 2.56. The minimum atomic E-state index is -0.286. The van der Waals surface area contributed by atoms with E-state index >= 15 is 0 Å². The fourth-order valence-corrected chi connectivity index (χ4v) is 3.03. The molecular weight excluding hydrogens is 300 g/mol. The molecule has 0 spiro atoms. The van der Waals surface area contributed by atoms with E-state index in [-0.39, 0.29) is 11.3 Å². The van der Waals surface area contributed by atoms with Gasteiger partial charge in [0.25, 0.3) is 0 Å². The summed E-state index contributed by atoms with van der Waals surface area (Å²) in [6.07, 6.45) is 5.53. The molecule has 2 heterocycles. The van der Waals surface area contributed by atoms with Crippen LogP contribution in [0.1, 0.15) is 26.3 Å². The van der Waals surface area contributed by atoms with Crippen molar-refractivity contribution in [3.63, 3.8) is 0 Å². The lowest BCUT2D eigenvalue weighted by Gasteiger charge is -2.37. The maximum Gasteiger partial charge on any atom is 0.228 e. The molecule has 2 aromatic rings. The molecule has 128 valence electrons. The second kappa shape index (κ2) is 6.77. The first kappa shape index (κ1) is 16.7. The lowest BCUT2D eigenvalue weighted by molar-refractivity contribution is -0.141. The van der Waals surface area contributed by atoms with E-state index in [1.54, 1.807) is 12.5 Å². The fourth-order valence-electron chi connectivity index (χ4n) is 3.03. The highest BCUT2D eigenvalue weighted by molar-refractivity contribution is 5.81. The van der Waals surface area contributed by atoms with Gasteiger partial charge in [-0.1, -0.05) is 32.9 Å². The molecule has 1 aliphatic rings. The highest BCUT2D eigenvalue weighted by atomic mass is 16.2. The zero-order chi connectivity index (χ0) is 17.2. The van der Waals surface area contributed by atoms with E-state index in [9.17, 15) is 4.79 Å². The highest BCUT2D eigenvalue weighted by Gasteiger charge is 2.29. The molecule has 1 aromatic heterocycles. The van der Waals surface area contributed by atoms with E-state index in [1.165, 1.54) is 5.56 Å². The van der Waals surface area contributed by atoms with Crippen molar-refractivity contribution in [3.8, 4) is 5.69 Å². The molecule has 1 aromatic carbocycles. The van der Waals surface area contributed by atoms with Gasteiger partial charge in [-0.05, 0) is 17.7 Å². The van der Waals surface area contributed by atoms with Crippen LogP contribution in [0.5, 0.6) is 0 Å². The quantitative estimate of drug-likeness (QED) is 0.870. The number of carbonyl (C=O) groups excluding carboxylic acids is 1. The second-order valence-corrected chi connectivity index (χ2v) is 7.45. The molecule has 24 heavy (non-hydrogen) atoms. The van der Waals surface area contributed by atoms with Gasteiger partial charge in [0.1, 0.15) is 0 Å². The summed E-state index contributed by atoms with van der Waals surface area (Å²) in [5, 5.41) is 0. The zero-order valence-corrected chi connectivity index (χ0v) is 14.8. The predicted molar refractivity (Wildman–Crippen MR) is 94.9 cm³/mol. The Morgan fingerprint density at radius 1 is 1.08 bits per heavy atom. The van der Waals surface area contributed by atoms with Gasteiger partial charge in [0.05, 0.1) is 6.33 Å². The number of benzene rings is 1. The van der Waals surface area contributed by atoms with Crippen molar-refractivity contribution >= 4 is 5.91 Å². The Labute approximate surface area is 143 Å². The monoisotopic (exact) mass is 326 g/mol. The summed E-state index contributed by atoms with van der Waals surface area (Å²) in [6.45, 7) is 10.4. The summed E-state index contributed by atoms with van der Waals surface area (Å²) in [6, 6.07) is 8.58. The van der Waals surface area contributed by atoms with Gasteiger partial charge in [-0.25, -0.2) is 4.98 Å². The highest BCUT2D eigenvalue weighted by Crippen LogP contribution is 2.19. The van der Waals surface area contributed by atoms with Crippen molar-refractivity contribution in [2.24, 2.45) is 5.41 Å². The van der Waals surface area contributed by atoms with Gasteiger partial charge in [-0.15, -0.1) is 0 Å². The molecular formula is C19H26N4O. The van der Waals surface area contributed by atoms with Gasteiger partial charge in [0.2, 0.25) is 5.91 Å². The van der Waals surface area contributed by atoms with Crippen LogP contribution < -0.4 is 0 Å². The summed E-state index contributed by atoms with van der Waals surface area (Å²) in [5.74, 6) is 0.256. The first-order valence-electron chi connectivity index (χ1n) is 8.52. The number of carbonyl (C=O) groups is 1. The SMILES string of the molecule is CC(C)(C)C(=O)N1CCN(Cc2ccc(-n3ccnc3)cc2)CC1. The van der Waals surface area contributed by atoms with Crippen LogP contribution in [0.15, 0.2) is 43.0 Å². The molecule has 1 aliphatic heterocycles. The van der Waals surface area contributed by atoms with Crippen LogP contribution in [0.4, 0.5) is 0 Å². The molecule has 1 saturated heterocycles. The minimum absolute atomic E-state index is 0.256. The lowest BCUT2D eigenvalue weighted by Crippen LogP contribution is -2.51. The Kier molecular flexibility index (Phi) is 4.71. The van der Waals surface area contributed by atoms with Crippen LogP contribution in [0.2, 0.25) is 0 Å². The molecule has 0 aliphatic carbocycles. The topological polar surface area (TPSA) is 41.4 Å². The maximum atomic E-state index is 12.3. The van der Waals surface area contributed by atoms with Crippen molar-refractivity contribution in [2.45, 2.75) is 27.3 Å². The van der Waals surface area contributed by atoms with Crippen LogP contribution in [0, 0.1) is 5.41 Å². The Bertz CT molecular complexity index is 662. The van der Waals surface area contributed by atoms with Gasteiger partial charge in [0, 0.05) is 56.2 Å². The fraction of sp³-hybridized carbons (Fsp3) is 0.474. The van der Waals surface area contributed by atoms with Crippen molar-refractivity contribution in [2.75, 3.05) is 26.2 Å². The average molecular weight is 326 g/mol. The normalized spacial score (nSPS) is 16.4. The molecule has 0 N–H and O–H groups in total.